The molecule has 3 nitrogen and oxygen atoms in total. The molecule has 0 aliphatic rings. The molecular weight excluding hydrogens is 204 g/mol. The maximum Gasteiger partial charge on any atom is 0.338 e. The minimum atomic E-state index is -0.535. The molecule has 0 fully saturated rings. The molecule has 0 N–H and O–H groups in total. The van der Waals surface area contributed by atoms with Crippen molar-refractivity contribution in [2.24, 2.45) is 0 Å². The molecule has 0 saturated heterocycles. The summed E-state index contributed by atoms with van der Waals surface area (Å²) in [7, 11) is 1.26. The average Bonchev–Trinajstić information content (AvgIpc) is 2.16. The maximum atomic E-state index is 11.2. The molecule has 0 atom stereocenters. The molecule has 0 aromatic heterocycles. The third-order valence-corrected chi connectivity index (χ3v) is 2.00. The molecule has 0 unspecified atom stereocenters. The predicted molar refractivity (Wildman–Crippen MR) is 52.8 cm³/mol. The first-order chi connectivity index (χ1) is 6.56. The number of esters is 1. The highest BCUT2D eigenvalue weighted by Gasteiger charge is 2.14. The molecule has 4 heteroatoms. The highest BCUT2D eigenvalue weighted by Crippen LogP contribution is 2.17. The average molecular weight is 213 g/mol. The molecule has 0 amide bonds. The summed E-state index contributed by atoms with van der Waals surface area (Å²) in [5.74, 6) is -0.750. The third kappa shape index (κ3) is 2.12. The number of ketones is 1. The van der Waals surface area contributed by atoms with Gasteiger partial charge < -0.3 is 4.74 Å². The molecule has 1 rings (SSSR count). The second-order valence-electron chi connectivity index (χ2n) is 2.74. The summed E-state index contributed by atoms with van der Waals surface area (Å²) in [5.41, 5.74) is 0.522. The Morgan fingerprint density at radius 1 is 1.29 bits per heavy atom. The van der Waals surface area contributed by atoms with E-state index in [9.17, 15) is 9.59 Å². The Morgan fingerprint density at radius 3 is 2.43 bits per heavy atom. The van der Waals surface area contributed by atoms with E-state index in [0.29, 0.717) is 5.02 Å². The maximum absolute atomic E-state index is 11.2. The molecule has 0 bridgehead atoms. The van der Waals surface area contributed by atoms with Crippen LogP contribution in [0.25, 0.3) is 0 Å². The van der Waals surface area contributed by atoms with Gasteiger partial charge in [-0.05, 0) is 25.1 Å². The molecular formula is C10H9ClO3. The van der Waals surface area contributed by atoms with E-state index in [-0.39, 0.29) is 16.9 Å². The number of carbonyl (C=O) groups excluding carboxylic acids is 2. The van der Waals surface area contributed by atoms with Crippen LogP contribution in [0.3, 0.4) is 0 Å². The van der Waals surface area contributed by atoms with Crippen LogP contribution < -0.4 is 0 Å². The van der Waals surface area contributed by atoms with Crippen molar-refractivity contribution >= 4 is 23.4 Å². The number of halogens is 1. The Labute approximate surface area is 86.6 Å². The van der Waals surface area contributed by atoms with Gasteiger partial charge in [0.15, 0.2) is 5.78 Å². The fourth-order valence-corrected chi connectivity index (χ4v) is 1.27. The van der Waals surface area contributed by atoms with E-state index in [1.54, 1.807) is 6.07 Å². The first-order valence-electron chi connectivity index (χ1n) is 3.95. The Hall–Kier alpha value is -1.35. The van der Waals surface area contributed by atoms with Crippen LogP contribution in [0.15, 0.2) is 18.2 Å². The van der Waals surface area contributed by atoms with Gasteiger partial charge in [-0.15, -0.1) is 0 Å². The SMILES string of the molecule is COC(=O)c1ccc(Cl)cc1C(C)=O. The minimum absolute atomic E-state index is 0.215. The van der Waals surface area contributed by atoms with Gasteiger partial charge in [-0.1, -0.05) is 11.6 Å². The number of rotatable bonds is 2. The van der Waals surface area contributed by atoms with E-state index in [0.717, 1.165) is 0 Å². The summed E-state index contributed by atoms with van der Waals surface area (Å²) in [6.07, 6.45) is 0. The van der Waals surface area contributed by atoms with Crippen molar-refractivity contribution in [3.8, 4) is 0 Å². The third-order valence-electron chi connectivity index (χ3n) is 1.77. The van der Waals surface area contributed by atoms with Crippen molar-refractivity contribution in [1.82, 2.24) is 0 Å². The smallest absolute Gasteiger partial charge is 0.338 e. The molecule has 74 valence electrons. The number of Topliss-reactive ketones (excluding diaryl/α,β-unsaturated/α-hetero) is 1. The van der Waals surface area contributed by atoms with Gasteiger partial charge in [-0.3, -0.25) is 4.79 Å². The van der Waals surface area contributed by atoms with E-state index in [4.69, 9.17) is 11.6 Å². The van der Waals surface area contributed by atoms with Gasteiger partial charge in [-0.25, -0.2) is 4.79 Å². The lowest BCUT2D eigenvalue weighted by Gasteiger charge is -2.04. The number of ether oxygens (including phenoxy) is 1. The van der Waals surface area contributed by atoms with Crippen LogP contribution in [0.5, 0.6) is 0 Å². The summed E-state index contributed by atoms with van der Waals surface area (Å²) in [4.78, 5) is 22.4. The summed E-state index contributed by atoms with van der Waals surface area (Å²) in [5, 5.41) is 0.419. The van der Waals surface area contributed by atoms with E-state index in [1.165, 1.54) is 26.2 Å². The number of methoxy groups -OCH3 is 1. The fourth-order valence-electron chi connectivity index (χ4n) is 1.10. The first-order valence-corrected chi connectivity index (χ1v) is 4.33. The van der Waals surface area contributed by atoms with Crippen molar-refractivity contribution in [2.75, 3.05) is 7.11 Å². The zero-order valence-corrected chi connectivity index (χ0v) is 8.59. The lowest BCUT2D eigenvalue weighted by molar-refractivity contribution is 0.0597. The van der Waals surface area contributed by atoms with Gasteiger partial charge in [-0.2, -0.15) is 0 Å². The lowest BCUT2D eigenvalue weighted by atomic mass is 10.0. The van der Waals surface area contributed by atoms with Gasteiger partial charge >= 0.3 is 5.97 Å². The van der Waals surface area contributed by atoms with Crippen molar-refractivity contribution < 1.29 is 14.3 Å². The molecule has 1 aromatic rings. The van der Waals surface area contributed by atoms with Crippen molar-refractivity contribution in [1.29, 1.82) is 0 Å². The summed E-state index contributed by atoms with van der Waals surface area (Å²) in [6.45, 7) is 1.37. The van der Waals surface area contributed by atoms with Gasteiger partial charge in [0.1, 0.15) is 0 Å². The molecule has 0 aliphatic heterocycles. The number of benzene rings is 1. The zero-order valence-electron chi connectivity index (χ0n) is 7.83. The molecule has 0 radical (unpaired) electrons. The Morgan fingerprint density at radius 2 is 1.93 bits per heavy atom. The molecule has 0 aliphatic carbocycles. The van der Waals surface area contributed by atoms with Gasteiger partial charge in [0.2, 0.25) is 0 Å². The van der Waals surface area contributed by atoms with E-state index < -0.39 is 5.97 Å². The Bertz CT molecular complexity index is 385. The summed E-state index contributed by atoms with van der Waals surface area (Å²) >= 11 is 5.70. The summed E-state index contributed by atoms with van der Waals surface area (Å²) < 4.78 is 4.53. The van der Waals surface area contributed by atoms with Crippen LogP contribution >= 0.6 is 11.6 Å². The van der Waals surface area contributed by atoms with Crippen molar-refractivity contribution in [2.45, 2.75) is 6.92 Å². The van der Waals surface area contributed by atoms with E-state index in [2.05, 4.69) is 4.74 Å². The first kappa shape index (κ1) is 10.7. The van der Waals surface area contributed by atoms with Gasteiger partial charge in [0.25, 0.3) is 0 Å². The Kier molecular flexibility index (Phi) is 3.25. The summed E-state index contributed by atoms with van der Waals surface area (Å²) in [6, 6.07) is 4.47. The van der Waals surface area contributed by atoms with Crippen LogP contribution in [-0.4, -0.2) is 18.9 Å². The normalized spacial score (nSPS) is 9.64. The van der Waals surface area contributed by atoms with Crippen LogP contribution in [0.2, 0.25) is 5.02 Å². The highest BCUT2D eigenvalue weighted by molar-refractivity contribution is 6.31. The van der Waals surface area contributed by atoms with Crippen molar-refractivity contribution in [3.63, 3.8) is 0 Å². The standard InChI is InChI=1S/C10H9ClO3/c1-6(12)9-5-7(11)3-4-8(9)10(13)14-2/h3-5H,1-2H3. The Balaban J connectivity index is 3.28. The van der Waals surface area contributed by atoms with Gasteiger partial charge in [0.05, 0.1) is 12.7 Å². The second kappa shape index (κ2) is 4.24. The van der Waals surface area contributed by atoms with E-state index in [1.807, 2.05) is 0 Å². The molecule has 0 heterocycles. The van der Waals surface area contributed by atoms with Crippen LogP contribution in [-0.2, 0) is 4.74 Å². The van der Waals surface area contributed by atoms with Gasteiger partial charge in [0, 0.05) is 10.6 Å². The topological polar surface area (TPSA) is 43.4 Å². The van der Waals surface area contributed by atoms with Crippen LogP contribution in [0.4, 0.5) is 0 Å². The van der Waals surface area contributed by atoms with Crippen molar-refractivity contribution in [3.05, 3.63) is 34.3 Å². The minimum Gasteiger partial charge on any atom is -0.465 e. The predicted octanol–water partition coefficient (Wildman–Crippen LogP) is 2.33. The fraction of sp³-hybridized carbons (Fsp3) is 0.200. The monoisotopic (exact) mass is 212 g/mol. The van der Waals surface area contributed by atoms with Crippen LogP contribution in [0.1, 0.15) is 27.6 Å². The quantitative estimate of drug-likeness (QED) is 0.558. The van der Waals surface area contributed by atoms with Crippen LogP contribution in [0, 0.1) is 0 Å². The highest BCUT2D eigenvalue weighted by atomic mass is 35.5. The second-order valence-corrected chi connectivity index (χ2v) is 3.17. The molecule has 0 spiro atoms. The number of hydrogen-bond acceptors (Lipinski definition) is 3. The largest absolute Gasteiger partial charge is 0.465 e. The number of hydrogen-bond donors (Lipinski definition) is 0. The molecule has 0 saturated carbocycles. The number of carbonyl (C=O) groups is 2. The zero-order chi connectivity index (χ0) is 10.7. The molecule has 14 heavy (non-hydrogen) atoms. The lowest BCUT2D eigenvalue weighted by Crippen LogP contribution is -2.08. The molecule has 1 aromatic carbocycles. The van der Waals surface area contributed by atoms with E-state index >= 15 is 0 Å².